The Labute approximate surface area is 260 Å². The quantitative estimate of drug-likeness (QED) is 0.203. The number of aryl methyl sites for hydroxylation is 1. The van der Waals surface area contributed by atoms with Gasteiger partial charge in [-0.25, -0.2) is 19.3 Å². The SMILES string of the molecule is Cc1ccc2c3ccccc3n(-c3cc(-c4nc(-c5ccccc5)nc(-c5ccccc5)n4)ccc3-c3ccc(F)cc3)c2c1. The van der Waals surface area contributed by atoms with Crippen LogP contribution in [0, 0.1) is 12.7 Å². The number of rotatable bonds is 5. The highest BCUT2D eigenvalue weighted by Gasteiger charge is 2.19. The number of nitrogens with zero attached hydrogens (tertiary/aromatic N) is 4. The summed E-state index contributed by atoms with van der Waals surface area (Å²) in [5.41, 5.74) is 8.89. The van der Waals surface area contributed by atoms with Gasteiger partial charge >= 0.3 is 0 Å². The Kier molecular flexibility index (Phi) is 6.50. The summed E-state index contributed by atoms with van der Waals surface area (Å²) in [6.45, 7) is 2.11. The van der Waals surface area contributed by atoms with Gasteiger partial charge in [-0.15, -0.1) is 0 Å². The van der Waals surface area contributed by atoms with Gasteiger partial charge in [0.1, 0.15) is 5.82 Å². The fourth-order valence-corrected chi connectivity index (χ4v) is 6.01. The van der Waals surface area contributed by atoms with Gasteiger partial charge in [0, 0.05) is 33.0 Å². The average Bonchev–Trinajstić information content (AvgIpc) is 3.42. The lowest BCUT2D eigenvalue weighted by atomic mass is 10.0. The van der Waals surface area contributed by atoms with Crippen LogP contribution in [0.2, 0.25) is 0 Å². The van der Waals surface area contributed by atoms with E-state index >= 15 is 0 Å². The molecule has 0 saturated heterocycles. The molecule has 0 bridgehead atoms. The third-order valence-electron chi connectivity index (χ3n) is 8.18. The molecule has 214 valence electrons. The second-order valence-electron chi connectivity index (χ2n) is 11.2. The molecule has 2 aromatic heterocycles. The minimum Gasteiger partial charge on any atom is -0.309 e. The summed E-state index contributed by atoms with van der Waals surface area (Å²) in [6.07, 6.45) is 0. The van der Waals surface area contributed by atoms with Crippen molar-refractivity contribution in [1.82, 2.24) is 19.5 Å². The van der Waals surface area contributed by atoms with E-state index in [4.69, 9.17) is 15.0 Å². The van der Waals surface area contributed by atoms with Crippen LogP contribution in [0.1, 0.15) is 5.56 Å². The van der Waals surface area contributed by atoms with Gasteiger partial charge in [0.05, 0.1) is 16.7 Å². The summed E-state index contributed by atoms with van der Waals surface area (Å²) in [6, 6.07) is 47.9. The van der Waals surface area contributed by atoms with Gasteiger partial charge in [-0.05, 0) is 48.4 Å². The first-order chi connectivity index (χ1) is 22.1. The van der Waals surface area contributed by atoms with Crippen molar-refractivity contribution in [3.05, 3.63) is 157 Å². The van der Waals surface area contributed by atoms with Crippen LogP contribution in [-0.4, -0.2) is 19.5 Å². The van der Waals surface area contributed by atoms with Crippen molar-refractivity contribution >= 4 is 21.8 Å². The zero-order chi connectivity index (χ0) is 30.3. The number of aromatic nitrogens is 4. The van der Waals surface area contributed by atoms with Crippen molar-refractivity contribution in [2.75, 3.05) is 0 Å². The third-order valence-corrected chi connectivity index (χ3v) is 8.18. The van der Waals surface area contributed by atoms with E-state index in [1.807, 2.05) is 78.9 Å². The molecule has 0 saturated carbocycles. The lowest BCUT2D eigenvalue weighted by Gasteiger charge is -2.16. The van der Waals surface area contributed by atoms with Crippen LogP contribution in [0.4, 0.5) is 4.39 Å². The number of fused-ring (bicyclic) bond motifs is 3. The fraction of sp³-hybridized carbons (Fsp3) is 0.0250. The highest BCUT2D eigenvalue weighted by molar-refractivity contribution is 6.10. The van der Waals surface area contributed by atoms with Crippen molar-refractivity contribution in [2.45, 2.75) is 6.92 Å². The fourth-order valence-electron chi connectivity index (χ4n) is 6.01. The van der Waals surface area contributed by atoms with Crippen LogP contribution >= 0.6 is 0 Å². The molecule has 45 heavy (non-hydrogen) atoms. The highest BCUT2D eigenvalue weighted by atomic mass is 19.1. The maximum Gasteiger partial charge on any atom is 0.164 e. The second kappa shape index (κ2) is 11.0. The topological polar surface area (TPSA) is 43.6 Å². The molecule has 0 atom stereocenters. The molecule has 8 aromatic rings. The largest absolute Gasteiger partial charge is 0.309 e. The Morgan fingerprint density at radius 2 is 1.02 bits per heavy atom. The Morgan fingerprint density at radius 3 is 1.69 bits per heavy atom. The summed E-state index contributed by atoms with van der Waals surface area (Å²) in [7, 11) is 0. The van der Waals surface area contributed by atoms with Gasteiger partial charge in [-0.2, -0.15) is 0 Å². The van der Waals surface area contributed by atoms with Crippen molar-refractivity contribution in [3.63, 3.8) is 0 Å². The molecule has 2 heterocycles. The van der Waals surface area contributed by atoms with Crippen LogP contribution in [0.25, 0.3) is 72.8 Å². The zero-order valence-electron chi connectivity index (χ0n) is 24.5. The molecule has 0 unspecified atom stereocenters. The van der Waals surface area contributed by atoms with Gasteiger partial charge < -0.3 is 4.57 Å². The van der Waals surface area contributed by atoms with Crippen molar-refractivity contribution in [3.8, 4) is 51.0 Å². The standard InChI is InChI=1S/C40H27FN4/c1-26-16-22-34-33-14-8-9-15-35(33)45(36(34)24-26)37-25-30(19-23-32(37)27-17-20-31(41)21-18-27)40-43-38(28-10-4-2-5-11-28)42-39(44-40)29-12-6-3-7-13-29/h2-25H,1H3. The van der Waals surface area contributed by atoms with Crippen LogP contribution in [0.5, 0.6) is 0 Å². The summed E-state index contributed by atoms with van der Waals surface area (Å²) in [5.74, 6) is 1.52. The molecule has 0 aliphatic heterocycles. The van der Waals surface area contributed by atoms with E-state index in [1.54, 1.807) is 0 Å². The van der Waals surface area contributed by atoms with Crippen molar-refractivity contribution in [1.29, 1.82) is 0 Å². The molecule has 0 N–H and O–H groups in total. The molecule has 5 heteroatoms. The molecular formula is C40H27FN4. The number of para-hydroxylation sites is 1. The maximum atomic E-state index is 14.1. The molecule has 0 aliphatic carbocycles. The molecule has 0 fully saturated rings. The Bertz CT molecular complexity index is 2270. The number of benzene rings is 6. The first-order valence-corrected chi connectivity index (χ1v) is 14.9. The minimum absolute atomic E-state index is 0.267. The van der Waals surface area contributed by atoms with Crippen LogP contribution < -0.4 is 0 Å². The van der Waals surface area contributed by atoms with E-state index < -0.39 is 0 Å². The second-order valence-corrected chi connectivity index (χ2v) is 11.2. The van der Waals surface area contributed by atoms with Gasteiger partial charge in [-0.1, -0.05) is 115 Å². The normalized spacial score (nSPS) is 11.3. The highest BCUT2D eigenvalue weighted by Crippen LogP contribution is 2.38. The Morgan fingerprint density at radius 1 is 0.467 bits per heavy atom. The van der Waals surface area contributed by atoms with E-state index in [1.165, 1.54) is 28.5 Å². The Balaban J connectivity index is 1.42. The summed E-state index contributed by atoms with van der Waals surface area (Å²) in [5, 5.41) is 2.34. The Hall–Kier alpha value is -5.94. The van der Waals surface area contributed by atoms with Crippen LogP contribution in [0.3, 0.4) is 0 Å². The smallest absolute Gasteiger partial charge is 0.164 e. The molecule has 0 spiro atoms. The molecule has 8 rings (SSSR count). The summed E-state index contributed by atoms with van der Waals surface area (Å²) in [4.78, 5) is 14.9. The number of halogens is 1. The van der Waals surface area contributed by atoms with Crippen molar-refractivity contribution < 1.29 is 4.39 Å². The van der Waals surface area contributed by atoms with E-state index in [2.05, 4.69) is 66.1 Å². The molecular weight excluding hydrogens is 555 g/mol. The predicted molar refractivity (Wildman–Crippen MR) is 181 cm³/mol. The van der Waals surface area contributed by atoms with Crippen LogP contribution in [-0.2, 0) is 0 Å². The maximum absolute atomic E-state index is 14.1. The van der Waals surface area contributed by atoms with E-state index in [9.17, 15) is 4.39 Å². The summed E-state index contributed by atoms with van der Waals surface area (Å²) < 4.78 is 16.4. The van der Waals surface area contributed by atoms with E-state index in [-0.39, 0.29) is 5.82 Å². The van der Waals surface area contributed by atoms with Crippen molar-refractivity contribution in [2.24, 2.45) is 0 Å². The lowest BCUT2D eigenvalue weighted by Crippen LogP contribution is -2.02. The first kappa shape index (κ1) is 26.7. The zero-order valence-corrected chi connectivity index (χ0v) is 24.5. The molecule has 0 aliphatic rings. The van der Waals surface area contributed by atoms with Gasteiger partial charge in [0.2, 0.25) is 0 Å². The molecule has 0 amide bonds. The monoisotopic (exact) mass is 582 g/mol. The molecule has 6 aromatic carbocycles. The number of hydrogen-bond acceptors (Lipinski definition) is 3. The minimum atomic E-state index is -0.267. The van der Waals surface area contributed by atoms with Gasteiger partial charge in [-0.3, -0.25) is 0 Å². The number of hydrogen-bond donors (Lipinski definition) is 0. The van der Waals surface area contributed by atoms with E-state index in [0.717, 1.165) is 44.5 Å². The van der Waals surface area contributed by atoms with Crippen LogP contribution in [0.15, 0.2) is 146 Å². The predicted octanol–water partition coefficient (Wildman–Crippen LogP) is 10.1. The molecule has 0 radical (unpaired) electrons. The van der Waals surface area contributed by atoms with E-state index in [0.29, 0.717) is 17.5 Å². The summed E-state index contributed by atoms with van der Waals surface area (Å²) >= 11 is 0. The average molecular weight is 583 g/mol. The lowest BCUT2D eigenvalue weighted by molar-refractivity contribution is 0.628. The molecule has 4 nitrogen and oxygen atoms in total. The third kappa shape index (κ3) is 4.85. The van der Waals surface area contributed by atoms with Gasteiger partial charge in [0.15, 0.2) is 17.5 Å². The van der Waals surface area contributed by atoms with Gasteiger partial charge in [0.25, 0.3) is 0 Å². The first-order valence-electron chi connectivity index (χ1n) is 14.9.